The van der Waals surface area contributed by atoms with E-state index in [-0.39, 0.29) is 0 Å². The zero-order chi connectivity index (χ0) is 15.1. The second-order valence-electron chi connectivity index (χ2n) is 6.24. The fraction of sp³-hybridized carbons (Fsp3) is 0.579. The summed E-state index contributed by atoms with van der Waals surface area (Å²) in [5.74, 6) is 3.33. The van der Waals surface area contributed by atoms with Crippen molar-refractivity contribution in [2.45, 2.75) is 51.6 Å². The first-order chi connectivity index (χ1) is 10.2. The lowest BCUT2D eigenvalue weighted by Gasteiger charge is -2.19. The summed E-state index contributed by atoms with van der Waals surface area (Å²) in [7, 11) is 0. The first-order valence-electron chi connectivity index (χ1n) is 8.21. The molecule has 1 aromatic carbocycles. The number of rotatable bonds is 9. The van der Waals surface area contributed by atoms with Gasteiger partial charge in [-0.1, -0.05) is 44.0 Å². The van der Waals surface area contributed by atoms with E-state index in [9.17, 15) is 0 Å². The summed E-state index contributed by atoms with van der Waals surface area (Å²) in [6.07, 6.45) is 9.29. The van der Waals surface area contributed by atoms with Crippen LogP contribution < -0.4 is 5.32 Å². The molecule has 0 heterocycles. The highest BCUT2D eigenvalue weighted by Gasteiger charge is 2.21. The molecule has 0 aliphatic heterocycles. The molecule has 1 unspecified atom stereocenters. The van der Waals surface area contributed by atoms with Crippen molar-refractivity contribution >= 4 is 0 Å². The normalized spacial score (nSPS) is 15.9. The van der Waals surface area contributed by atoms with Gasteiger partial charge in [-0.15, -0.1) is 6.42 Å². The number of nitrogens with zero attached hydrogens (tertiary/aromatic N) is 1. The maximum atomic E-state index is 5.44. The molecule has 2 nitrogen and oxygen atoms in total. The van der Waals surface area contributed by atoms with Crippen LogP contribution in [-0.4, -0.2) is 30.6 Å². The minimum Gasteiger partial charge on any atom is -0.313 e. The van der Waals surface area contributed by atoms with Gasteiger partial charge >= 0.3 is 0 Å². The van der Waals surface area contributed by atoms with E-state index in [2.05, 4.69) is 54.3 Å². The van der Waals surface area contributed by atoms with Gasteiger partial charge in [-0.25, -0.2) is 0 Å². The van der Waals surface area contributed by atoms with Crippen LogP contribution in [0.1, 0.15) is 50.2 Å². The number of hydrogen-bond acceptors (Lipinski definition) is 2. The van der Waals surface area contributed by atoms with Crippen molar-refractivity contribution in [2.75, 3.05) is 19.6 Å². The van der Waals surface area contributed by atoms with Gasteiger partial charge in [0.05, 0.1) is 6.54 Å². The average molecular weight is 284 g/mol. The van der Waals surface area contributed by atoms with Gasteiger partial charge in [0.2, 0.25) is 0 Å². The van der Waals surface area contributed by atoms with E-state index in [1.807, 2.05) is 0 Å². The van der Waals surface area contributed by atoms with Gasteiger partial charge in [0.25, 0.3) is 0 Å². The molecule has 0 spiro atoms. The molecule has 1 atom stereocenters. The van der Waals surface area contributed by atoms with Crippen LogP contribution in [0.25, 0.3) is 0 Å². The van der Waals surface area contributed by atoms with Crippen LogP contribution in [0.2, 0.25) is 0 Å². The summed E-state index contributed by atoms with van der Waals surface area (Å²) in [5, 5.41) is 3.60. The van der Waals surface area contributed by atoms with Crippen LogP contribution >= 0.6 is 0 Å². The third-order valence-electron chi connectivity index (χ3n) is 4.10. The van der Waals surface area contributed by atoms with E-state index in [4.69, 9.17) is 6.42 Å². The van der Waals surface area contributed by atoms with Crippen LogP contribution in [0.3, 0.4) is 0 Å². The minimum atomic E-state index is 0.581. The van der Waals surface area contributed by atoms with E-state index in [0.717, 1.165) is 38.6 Å². The Kier molecular flexibility index (Phi) is 6.29. The molecule has 0 bridgehead atoms. The number of benzene rings is 1. The van der Waals surface area contributed by atoms with Crippen LogP contribution in [0.5, 0.6) is 0 Å². The molecule has 2 rings (SSSR count). The predicted octanol–water partition coefficient (Wildman–Crippen LogP) is 3.39. The van der Waals surface area contributed by atoms with Crippen molar-refractivity contribution in [3.05, 3.63) is 35.4 Å². The molecule has 0 radical (unpaired) electrons. The Morgan fingerprint density at radius 1 is 1.33 bits per heavy atom. The molecule has 1 fully saturated rings. The fourth-order valence-corrected chi connectivity index (χ4v) is 2.62. The van der Waals surface area contributed by atoms with E-state index in [1.165, 1.54) is 24.0 Å². The number of nitrogens with one attached hydrogen (secondary N) is 1. The van der Waals surface area contributed by atoms with Gasteiger partial charge < -0.3 is 5.32 Å². The summed E-state index contributed by atoms with van der Waals surface area (Å²) in [6, 6.07) is 9.84. The Labute approximate surface area is 129 Å². The number of hydrogen-bond donors (Lipinski definition) is 1. The zero-order valence-corrected chi connectivity index (χ0v) is 13.4. The highest BCUT2D eigenvalue weighted by molar-refractivity contribution is 5.25. The third kappa shape index (κ3) is 5.53. The van der Waals surface area contributed by atoms with Crippen molar-refractivity contribution in [1.29, 1.82) is 0 Å². The smallest absolute Gasteiger partial charge is 0.0601 e. The van der Waals surface area contributed by atoms with E-state index < -0.39 is 0 Å². The summed E-state index contributed by atoms with van der Waals surface area (Å²) >= 11 is 0. The molecule has 1 saturated carbocycles. The van der Waals surface area contributed by atoms with Crippen molar-refractivity contribution < 1.29 is 0 Å². The molecule has 0 amide bonds. The van der Waals surface area contributed by atoms with Crippen LogP contribution in [0.4, 0.5) is 0 Å². The molecule has 0 aromatic heterocycles. The molecule has 1 aromatic rings. The highest BCUT2D eigenvalue weighted by Crippen LogP contribution is 2.21. The maximum absolute atomic E-state index is 5.44. The largest absolute Gasteiger partial charge is 0.313 e. The summed E-state index contributed by atoms with van der Waals surface area (Å²) < 4.78 is 0. The molecular weight excluding hydrogens is 256 g/mol. The second kappa shape index (κ2) is 8.22. The van der Waals surface area contributed by atoms with Crippen LogP contribution in [0.15, 0.2) is 24.3 Å². The number of terminal acetylenes is 1. The molecule has 1 aliphatic carbocycles. The van der Waals surface area contributed by atoms with Gasteiger partial charge in [0.15, 0.2) is 0 Å². The Balaban J connectivity index is 1.86. The van der Waals surface area contributed by atoms with E-state index >= 15 is 0 Å². The molecule has 2 heteroatoms. The van der Waals surface area contributed by atoms with Crippen LogP contribution in [0, 0.1) is 12.3 Å². The van der Waals surface area contributed by atoms with Gasteiger partial charge in [-0.05, 0) is 42.9 Å². The van der Waals surface area contributed by atoms with Crippen molar-refractivity contribution in [2.24, 2.45) is 0 Å². The van der Waals surface area contributed by atoms with Crippen molar-refractivity contribution in [3.8, 4) is 12.3 Å². The standard InChI is InChI=1S/C19H28N2/c1-4-12-21(13-5-2)15-17-6-8-18(9-7-17)16(3)14-20-19-10-11-19/h1,6-9,16,19-20H,5,10-15H2,2-3H3. The Bertz CT molecular complexity index is 453. The monoisotopic (exact) mass is 284 g/mol. The lowest BCUT2D eigenvalue weighted by molar-refractivity contribution is 0.299. The molecule has 0 saturated heterocycles. The first-order valence-corrected chi connectivity index (χ1v) is 8.21. The van der Waals surface area contributed by atoms with E-state index in [0.29, 0.717) is 5.92 Å². The van der Waals surface area contributed by atoms with Crippen molar-refractivity contribution in [3.63, 3.8) is 0 Å². The van der Waals surface area contributed by atoms with Crippen molar-refractivity contribution in [1.82, 2.24) is 10.2 Å². The minimum absolute atomic E-state index is 0.581. The molecular formula is C19H28N2. The van der Waals surface area contributed by atoms with Gasteiger partial charge in [0, 0.05) is 19.1 Å². The van der Waals surface area contributed by atoms with Gasteiger partial charge in [-0.2, -0.15) is 0 Å². The zero-order valence-electron chi connectivity index (χ0n) is 13.4. The summed E-state index contributed by atoms with van der Waals surface area (Å²) in [6.45, 7) is 8.33. The first kappa shape index (κ1) is 16.1. The molecule has 21 heavy (non-hydrogen) atoms. The quantitative estimate of drug-likeness (QED) is 0.699. The molecule has 114 valence electrons. The Morgan fingerprint density at radius 3 is 2.62 bits per heavy atom. The SMILES string of the molecule is C#CCN(CCC)Cc1ccc(C(C)CNC2CC2)cc1. The summed E-state index contributed by atoms with van der Waals surface area (Å²) in [5.41, 5.74) is 2.77. The van der Waals surface area contributed by atoms with Crippen LogP contribution in [-0.2, 0) is 6.54 Å². The second-order valence-corrected chi connectivity index (χ2v) is 6.24. The van der Waals surface area contributed by atoms with Gasteiger partial charge in [0.1, 0.15) is 0 Å². The average Bonchev–Trinajstić information content (AvgIpc) is 3.30. The predicted molar refractivity (Wildman–Crippen MR) is 90.3 cm³/mol. The molecule has 1 N–H and O–H groups in total. The Morgan fingerprint density at radius 2 is 2.05 bits per heavy atom. The van der Waals surface area contributed by atoms with Gasteiger partial charge in [-0.3, -0.25) is 4.90 Å². The third-order valence-corrected chi connectivity index (χ3v) is 4.10. The van der Waals surface area contributed by atoms with E-state index in [1.54, 1.807) is 0 Å². The highest BCUT2D eigenvalue weighted by atomic mass is 15.1. The summed E-state index contributed by atoms with van der Waals surface area (Å²) in [4.78, 5) is 2.33. The Hall–Kier alpha value is -1.30. The lowest BCUT2D eigenvalue weighted by Crippen LogP contribution is -2.24. The lowest BCUT2D eigenvalue weighted by atomic mass is 9.99. The maximum Gasteiger partial charge on any atom is 0.0601 e. The molecule has 1 aliphatic rings. The fourth-order valence-electron chi connectivity index (χ4n) is 2.62. The topological polar surface area (TPSA) is 15.3 Å².